The van der Waals surface area contributed by atoms with Crippen LogP contribution in [0.3, 0.4) is 0 Å². The maximum Gasteiger partial charge on any atom is 0.234 e. The van der Waals surface area contributed by atoms with E-state index in [1.807, 2.05) is 0 Å². The monoisotopic (exact) mass is 345 g/mol. The van der Waals surface area contributed by atoms with Crippen molar-refractivity contribution in [3.63, 3.8) is 0 Å². The molecule has 0 saturated carbocycles. The van der Waals surface area contributed by atoms with Crippen LogP contribution in [0.1, 0.15) is 16.7 Å². The molecule has 1 N–H and O–H groups in total. The summed E-state index contributed by atoms with van der Waals surface area (Å²) in [5.74, 6) is 1.54. The molecule has 0 aromatic heterocycles. The van der Waals surface area contributed by atoms with E-state index in [4.69, 9.17) is 9.47 Å². The molecule has 0 spiro atoms. The summed E-state index contributed by atoms with van der Waals surface area (Å²) in [6.45, 7) is 6.24. The van der Waals surface area contributed by atoms with Crippen LogP contribution in [0.25, 0.3) is 0 Å². The van der Waals surface area contributed by atoms with Crippen LogP contribution in [-0.4, -0.2) is 25.9 Å². The number of carbonyl (C=O) groups is 1. The third-order valence-electron chi connectivity index (χ3n) is 3.62. The minimum atomic E-state index is -0.0494. The van der Waals surface area contributed by atoms with Gasteiger partial charge >= 0.3 is 0 Å². The number of ether oxygens (including phenoxy) is 2. The highest BCUT2D eigenvalue weighted by Gasteiger charge is 2.10. The maximum atomic E-state index is 12.2. The fourth-order valence-electron chi connectivity index (χ4n) is 2.64. The minimum absolute atomic E-state index is 0.0494. The maximum absolute atomic E-state index is 12.2. The van der Waals surface area contributed by atoms with Gasteiger partial charge in [-0.1, -0.05) is 17.7 Å². The Labute approximate surface area is 147 Å². The highest BCUT2D eigenvalue weighted by Crippen LogP contribution is 2.30. The van der Waals surface area contributed by atoms with Gasteiger partial charge in [0.15, 0.2) is 11.5 Å². The Morgan fingerprint density at radius 3 is 2.21 bits per heavy atom. The first-order chi connectivity index (χ1) is 11.4. The van der Waals surface area contributed by atoms with Crippen LogP contribution in [0.4, 0.5) is 5.69 Å². The second-order valence-electron chi connectivity index (χ2n) is 5.63. The Bertz CT molecular complexity index is 720. The van der Waals surface area contributed by atoms with Gasteiger partial charge in [-0.25, -0.2) is 0 Å². The standard InChI is InChI=1S/C19H23NO3S/c1-12-8-13(2)19(14(3)9-12)24-11-18(21)20-15-6-7-16(22-4)17(10-15)23-5/h6-10H,11H2,1-5H3,(H,20,21). The number of benzene rings is 2. The molecular weight excluding hydrogens is 322 g/mol. The Balaban J connectivity index is 2.02. The van der Waals surface area contributed by atoms with Crippen LogP contribution in [0.2, 0.25) is 0 Å². The Hall–Kier alpha value is -2.14. The summed E-state index contributed by atoms with van der Waals surface area (Å²) in [7, 11) is 3.15. The van der Waals surface area contributed by atoms with E-state index >= 15 is 0 Å². The van der Waals surface area contributed by atoms with Gasteiger partial charge in [-0.15, -0.1) is 11.8 Å². The fraction of sp³-hybridized carbons (Fsp3) is 0.316. The van der Waals surface area contributed by atoms with Gasteiger partial charge in [0, 0.05) is 16.6 Å². The van der Waals surface area contributed by atoms with Crippen LogP contribution in [-0.2, 0) is 4.79 Å². The van der Waals surface area contributed by atoms with E-state index in [0.29, 0.717) is 22.9 Å². The summed E-state index contributed by atoms with van der Waals surface area (Å²) >= 11 is 1.56. The number of thioether (sulfide) groups is 1. The van der Waals surface area contributed by atoms with Crippen molar-refractivity contribution in [2.24, 2.45) is 0 Å². The predicted molar refractivity (Wildman–Crippen MR) is 99.6 cm³/mol. The molecule has 0 atom stereocenters. The molecule has 0 fully saturated rings. The van der Waals surface area contributed by atoms with Crippen LogP contribution >= 0.6 is 11.8 Å². The van der Waals surface area contributed by atoms with Crippen molar-refractivity contribution in [2.75, 3.05) is 25.3 Å². The number of anilines is 1. The molecule has 2 aromatic rings. The molecule has 0 aliphatic carbocycles. The molecule has 0 radical (unpaired) electrons. The molecule has 2 aromatic carbocycles. The number of carbonyl (C=O) groups excluding carboxylic acids is 1. The average Bonchev–Trinajstić information content (AvgIpc) is 2.53. The SMILES string of the molecule is COc1ccc(NC(=O)CSc2c(C)cc(C)cc2C)cc1OC. The Morgan fingerprint density at radius 2 is 1.62 bits per heavy atom. The van der Waals surface area contributed by atoms with Gasteiger partial charge in [0.1, 0.15) is 0 Å². The molecule has 0 heterocycles. The van der Waals surface area contributed by atoms with Gasteiger partial charge < -0.3 is 14.8 Å². The molecule has 1 amide bonds. The molecule has 2 rings (SSSR count). The van der Waals surface area contributed by atoms with Crippen molar-refractivity contribution in [1.29, 1.82) is 0 Å². The lowest BCUT2D eigenvalue weighted by molar-refractivity contribution is -0.113. The number of methoxy groups -OCH3 is 2. The van der Waals surface area contributed by atoms with Crippen LogP contribution in [0, 0.1) is 20.8 Å². The van der Waals surface area contributed by atoms with Gasteiger partial charge in [-0.2, -0.15) is 0 Å². The molecule has 5 heteroatoms. The fourth-order valence-corrected chi connectivity index (χ4v) is 3.56. The van der Waals surface area contributed by atoms with E-state index in [0.717, 1.165) is 0 Å². The van der Waals surface area contributed by atoms with Gasteiger partial charge in [0.25, 0.3) is 0 Å². The number of amides is 1. The van der Waals surface area contributed by atoms with Crippen molar-refractivity contribution in [3.05, 3.63) is 47.0 Å². The molecule has 128 valence electrons. The van der Waals surface area contributed by atoms with Gasteiger partial charge in [0.2, 0.25) is 5.91 Å². The second kappa shape index (κ2) is 8.11. The first kappa shape index (κ1) is 18.2. The summed E-state index contributed by atoms with van der Waals surface area (Å²) in [6.07, 6.45) is 0. The number of hydrogen-bond acceptors (Lipinski definition) is 4. The van der Waals surface area contributed by atoms with Gasteiger partial charge in [-0.3, -0.25) is 4.79 Å². The van der Waals surface area contributed by atoms with Crippen molar-refractivity contribution in [3.8, 4) is 11.5 Å². The zero-order valence-corrected chi connectivity index (χ0v) is 15.5. The van der Waals surface area contributed by atoms with E-state index < -0.39 is 0 Å². The summed E-state index contributed by atoms with van der Waals surface area (Å²) in [4.78, 5) is 13.4. The lowest BCUT2D eigenvalue weighted by Gasteiger charge is -2.12. The van der Waals surface area contributed by atoms with E-state index in [1.54, 1.807) is 44.2 Å². The number of rotatable bonds is 6. The lowest BCUT2D eigenvalue weighted by atomic mass is 10.1. The summed E-state index contributed by atoms with van der Waals surface area (Å²) in [5.41, 5.74) is 4.34. The predicted octanol–water partition coefficient (Wildman–Crippen LogP) is 4.36. The minimum Gasteiger partial charge on any atom is -0.493 e. The van der Waals surface area contributed by atoms with Crippen LogP contribution in [0.5, 0.6) is 11.5 Å². The third kappa shape index (κ3) is 4.45. The molecule has 0 saturated heterocycles. The van der Waals surface area contributed by atoms with Crippen LogP contribution in [0.15, 0.2) is 35.2 Å². The van der Waals surface area contributed by atoms with E-state index in [-0.39, 0.29) is 5.91 Å². The average molecular weight is 345 g/mol. The Kier molecular flexibility index (Phi) is 6.15. The molecule has 0 aliphatic heterocycles. The zero-order valence-electron chi connectivity index (χ0n) is 14.7. The largest absolute Gasteiger partial charge is 0.493 e. The summed E-state index contributed by atoms with van der Waals surface area (Å²) < 4.78 is 10.4. The highest BCUT2D eigenvalue weighted by atomic mass is 32.2. The van der Waals surface area contributed by atoms with E-state index in [9.17, 15) is 4.79 Å². The summed E-state index contributed by atoms with van der Waals surface area (Å²) in [6, 6.07) is 9.61. The second-order valence-corrected chi connectivity index (χ2v) is 6.62. The number of aryl methyl sites for hydroxylation is 3. The van der Waals surface area contributed by atoms with Crippen molar-refractivity contribution in [1.82, 2.24) is 0 Å². The topological polar surface area (TPSA) is 47.6 Å². The smallest absolute Gasteiger partial charge is 0.234 e. The Morgan fingerprint density at radius 1 is 1.00 bits per heavy atom. The highest BCUT2D eigenvalue weighted by molar-refractivity contribution is 8.00. The summed E-state index contributed by atoms with van der Waals surface area (Å²) in [5, 5.41) is 2.89. The molecule has 4 nitrogen and oxygen atoms in total. The third-order valence-corrected chi connectivity index (χ3v) is 4.96. The van der Waals surface area contributed by atoms with Gasteiger partial charge in [0.05, 0.1) is 20.0 Å². The van der Waals surface area contributed by atoms with Crippen molar-refractivity contribution in [2.45, 2.75) is 25.7 Å². The molecular formula is C19H23NO3S. The molecule has 24 heavy (non-hydrogen) atoms. The number of hydrogen-bond donors (Lipinski definition) is 1. The zero-order chi connectivity index (χ0) is 17.7. The number of nitrogens with one attached hydrogen (secondary N) is 1. The normalized spacial score (nSPS) is 10.4. The molecule has 0 unspecified atom stereocenters. The van der Waals surface area contributed by atoms with Crippen molar-refractivity contribution >= 4 is 23.4 Å². The van der Waals surface area contributed by atoms with Crippen molar-refractivity contribution < 1.29 is 14.3 Å². The van der Waals surface area contributed by atoms with E-state index in [2.05, 4.69) is 38.2 Å². The molecule has 0 bridgehead atoms. The molecule has 0 aliphatic rings. The quantitative estimate of drug-likeness (QED) is 0.790. The van der Waals surface area contributed by atoms with Gasteiger partial charge in [-0.05, 0) is 44.0 Å². The van der Waals surface area contributed by atoms with E-state index in [1.165, 1.54) is 21.6 Å². The van der Waals surface area contributed by atoms with Crippen LogP contribution < -0.4 is 14.8 Å². The first-order valence-electron chi connectivity index (χ1n) is 7.67. The lowest BCUT2D eigenvalue weighted by Crippen LogP contribution is -2.14. The first-order valence-corrected chi connectivity index (χ1v) is 8.65.